The Hall–Kier alpha value is -6.97. The molecule has 0 atom stereocenters. The molecule has 11 aromatic rings. The second-order valence-corrected chi connectivity index (χ2v) is 17.5. The van der Waals surface area contributed by atoms with Gasteiger partial charge in [0.15, 0.2) is 0 Å². The van der Waals surface area contributed by atoms with E-state index in [0.29, 0.717) is 0 Å². The topological polar surface area (TPSA) is 9.86 Å². The van der Waals surface area contributed by atoms with Crippen molar-refractivity contribution in [1.82, 2.24) is 9.13 Å². The molecule has 0 saturated carbocycles. The molecule has 0 aliphatic rings. The van der Waals surface area contributed by atoms with Crippen molar-refractivity contribution >= 4 is 137 Å². The third kappa shape index (κ3) is 6.04. The van der Waals surface area contributed by atoms with E-state index in [1.807, 2.05) is 0 Å². The van der Waals surface area contributed by atoms with Gasteiger partial charge >= 0.3 is 0 Å². The molecule has 0 fully saturated rings. The molecule has 290 valence electrons. The lowest BCUT2D eigenvalue weighted by Gasteiger charge is -2.19. The van der Waals surface area contributed by atoms with E-state index >= 15 is 0 Å². The Balaban J connectivity index is 1.20. The molecule has 2 nitrogen and oxygen atoms in total. The zero-order valence-corrected chi connectivity index (χ0v) is 37.1. The third-order valence-electron chi connectivity index (χ3n) is 14.2. The minimum absolute atomic E-state index is 1.17. The first-order valence-electron chi connectivity index (χ1n) is 22.2. The molecule has 0 amide bonds. The zero-order valence-electron chi connectivity index (χ0n) is 37.1. The molecule has 63 heavy (non-hydrogen) atoms. The van der Waals surface area contributed by atoms with E-state index in [1.165, 1.54) is 138 Å². The maximum Gasteiger partial charge on any atom is 0.141 e. The van der Waals surface area contributed by atoms with E-state index in [0.717, 1.165) is 0 Å². The summed E-state index contributed by atoms with van der Waals surface area (Å²) in [6, 6.07) is 64.5. The predicted octanol–water partition coefficient (Wildman–Crippen LogP) is 2.36. The minimum Gasteiger partial charge on any atom is -0.310 e. The van der Waals surface area contributed by atoms with Crippen molar-refractivity contribution in [2.75, 3.05) is 0 Å². The Kier molecular flexibility index (Phi) is 9.35. The van der Waals surface area contributed by atoms with Crippen LogP contribution in [0.4, 0.5) is 0 Å². The normalized spacial score (nSPS) is 11.6. The number of rotatable bonds is 6. The number of benzene rings is 9. The van der Waals surface area contributed by atoms with Gasteiger partial charge in [0.2, 0.25) is 0 Å². The van der Waals surface area contributed by atoms with Crippen LogP contribution in [0.5, 0.6) is 0 Å². The maximum atomic E-state index is 2.58. The Bertz CT molecular complexity index is 3630. The van der Waals surface area contributed by atoms with Crippen LogP contribution < -0.4 is 38.2 Å². The van der Waals surface area contributed by atoms with Crippen LogP contribution in [-0.2, 0) is 0 Å². The summed E-state index contributed by atoms with van der Waals surface area (Å²) in [4.78, 5) is 0. The monoisotopic (exact) mass is 796 g/mol. The minimum atomic E-state index is 1.17. The van der Waals surface area contributed by atoms with Crippen LogP contribution in [0.2, 0.25) is 0 Å². The molecule has 0 radical (unpaired) electrons. The van der Waals surface area contributed by atoms with Gasteiger partial charge in [0.1, 0.15) is 54.9 Å². The van der Waals surface area contributed by atoms with E-state index in [1.54, 1.807) is 0 Å². The van der Waals surface area contributed by atoms with E-state index in [-0.39, 0.29) is 0 Å². The van der Waals surface area contributed by atoms with Crippen LogP contribution in [0, 0.1) is 0 Å². The molecule has 9 heteroatoms. The number of hydrogen-bond donors (Lipinski definition) is 0. The lowest BCUT2D eigenvalue weighted by atomic mass is 9.64. The Morgan fingerprint density at radius 1 is 0.302 bits per heavy atom. The molecular formula is C54H43B7N2. The lowest BCUT2D eigenvalue weighted by Crippen LogP contribution is -2.48. The van der Waals surface area contributed by atoms with Gasteiger partial charge < -0.3 is 9.13 Å². The summed E-state index contributed by atoms with van der Waals surface area (Å²) >= 11 is 0. The molecule has 0 spiro atoms. The fourth-order valence-corrected chi connectivity index (χ4v) is 10.6. The highest BCUT2D eigenvalue weighted by Crippen LogP contribution is 2.40. The van der Waals surface area contributed by atoms with E-state index in [2.05, 4.69) is 240 Å². The number of para-hydroxylation sites is 1. The standard InChI is InChI=1S/C54H43B7N2/c55-46-43(47(56)51(60)53-44(46)45-48(57)49(58)50(59)52(61)54(45)62(53)36-20-12-19-33(27-36)30-13-4-1-5-14-30)35-24-26-41-39(28-35)38-25-23-34(31-15-6-2-7-16-31)29-42(38)63(41)40-22-11-10-21-37(40)32-17-8-3-9-18-32/h1-29H,55-61H2. The largest absolute Gasteiger partial charge is 0.310 e. The highest BCUT2D eigenvalue weighted by atomic mass is 15.0. The number of aromatic nitrogens is 2. The summed E-state index contributed by atoms with van der Waals surface area (Å²) in [5.41, 5.74) is 26.6. The van der Waals surface area contributed by atoms with Gasteiger partial charge in [-0.15, -0.1) is 5.46 Å². The second kappa shape index (κ2) is 15.1. The Morgan fingerprint density at radius 3 is 1.52 bits per heavy atom. The summed E-state index contributed by atoms with van der Waals surface area (Å²) in [5.74, 6) is 0. The van der Waals surface area contributed by atoms with E-state index < -0.39 is 0 Å². The van der Waals surface area contributed by atoms with Crippen molar-refractivity contribution in [3.8, 4) is 55.9 Å². The first-order valence-corrected chi connectivity index (χ1v) is 22.2. The van der Waals surface area contributed by atoms with Crippen LogP contribution in [0.15, 0.2) is 176 Å². The second-order valence-electron chi connectivity index (χ2n) is 17.5. The highest BCUT2D eigenvalue weighted by molar-refractivity contribution is 6.69. The van der Waals surface area contributed by atoms with Crippen LogP contribution in [-0.4, -0.2) is 64.1 Å². The quantitative estimate of drug-likeness (QED) is 0.229. The van der Waals surface area contributed by atoms with Crippen molar-refractivity contribution in [2.24, 2.45) is 0 Å². The molecule has 11 rings (SSSR count). The summed E-state index contributed by atoms with van der Waals surface area (Å²) in [6.45, 7) is 0. The van der Waals surface area contributed by atoms with Gasteiger partial charge in [0.25, 0.3) is 0 Å². The molecule has 0 saturated heterocycles. The van der Waals surface area contributed by atoms with Gasteiger partial charge in [0.05, 0.1) is 16.7 Å². The third-order valence-corrected chi connectivity index (χ3v) is 14.2. The van der Waals surface area contributed by atoms with Crippen LogP contribution in [0.25, 0.3) is 99.5 Å². The van der Waals surface area contributed by atoms with Crippen molar-refractivity contribution < 1.29 is 0 Å². The van der Waals surface area contributed by atoms with Crippen LogP contribution in [0.3, 0.4) is 0 Å². The van der Waals surface area contributed by atoms with Crippen molar-refractivity contribution in [1.29, 1.82) is 0 Å². The highest BCUT2D eigenvalue weighted by Gasteiger charge is 2.26. The van der Waals surface area contributed by atoms with Crippen LogP contribution >= 0.6 is 0 Å². The Labute approximate surface area is 375 Å². The molecule has 2 heterocycles. The van der Waals surface area contributed by atoms with Gasteiger partial charge in [-0.25, -0.2) is 0 Å². The van der Waals surface area contributed by atoms with E-state index in [4.69, 9.17) is 0 Å². The van der Waals surface area contributed by atoms with Crippen molar-refractivity contribution in [3.63, 3.8) is 0 Å². The molecule has 0 aliphatic carbocycles. The SMILES string of the molecule is Bc1c(B)c(B)c2c(c1B)c1c(B)c(-c3ccc4c(c3)c3ccc(-c5ccccc5)cc3n4-c3ccccc3-c3ccccc3)c(B)c(B)c1n2-c1cccc(-c2ccccc2)c1. The summed E-state index contributed by atoms with van der Waals surface area (Å²) in [5, 5.41) is 5.21. The van der Waals surface area contributed by atoms with Crippen LogP contribution in [0.1, 0.15) is 0 Å². The number of fused-ring (bicyclic) bond motifs is 6. The summed E-state index contributed by atoms with van der Waals surface area (Å²) in [7, 11) is 16.3. The molecule has 9 aromatic carbocycles. The molecule has 0 bridgehead atoms. The van der Waals surface area contributed by atoms with Gasteiger partial charge in [-0.05, 0) is 80.7 Å². The first-order chi connectivity index (χ1) is 30.7. The fraction of sp³-hybridized carbons (Fsp3) is 0. The van der Waals surface area contributed by atoms with Crippen molar-refractivity contribution in [2.45, 2.75) is 0 Å². The molecule has 0 N–H and O–H groups in total. The number of nitrogens with zero attached hydrogens (tertiary/aromatic N) is 2. The average molecular weight is 796 g/mol. The smallest absolute Gasteiger partial charge is 0.141 e. The zero-order chi connectivity index (χ0) is 43.1. The fourth-order valence-electron chi connectivity index (χ4n) is 10.6. The number of hydrogen-bond acceptors (Lipinski definition) is 0. The lowest BCUT2D eigenvalue weighted by molar-refractivity contribution is 1.18. The molecule has 2 aromatic heterocycles. The Morgan fingerprint density at radius 2 is 0.841 bits per heavy atom. The van der Waals surface area contributed by atoms with Gasteiger partial charge in [-0.2, -0.15) is 0 Å². The van der Waals surface area contributed by atoms with Gasteiger partial charge in [0, 0.05) is 38.4 Å². The maximum absolute atomic E-state index is 2.58. The average Bonchev–Trinajstić information content (AvgIpc) is 3.87. The van der Waals surface area contributed by atoms with Crippen molar-refractivity contribution in [3.05, 3.63) is 176 Å². The predicted molar refractivity (Wildman–Crippen MR) is 294 cm³/mol. The van der Waals surface area contributed by atoms with Gasteiger partial charge in [-0.1, -0.05) is 172 Å². The molecule has 0 unspecified atom stereocenters. The molecule has 0 aliphatic heterocycles. The summed E-state index contributed by atoms with van der Waals surface area (Å²) in [6.07, 6.45) is 0. The summed E-state index contributed by atoms with van der Waals surface area (Å²) < 4.78 is 5.07. The van der Waals surface area contributed by atoms with E-state index in [9.17, 15) is 0 Å². The first kappa shape index (κ1) is 38.9. The van der Waals surface area contributed by atoms with Gasteiger partial charge in [-0.3, -0.25) is 0 Å². The molecular weight excluding hydrogens is 752 g/mol.